The van der Waals surface area contributed by atoms with E-state index in [1.54, 1.807) is 50.6 Å². The lowest BCUT2D eigenvalue weighted by molar-refractivity contribution is 0.0282. The smallest absolute Gasteiger partial charge is 0.203 e. The fourth-order valence-electron chi connectivity index (χ4n) is 3.30. The number of ether oxygens (including phenoxy) is 1. The molecule has 0 fully saturated rings. The second kappa shape index (κ2) is 10.1. The number of aliphatic hydroxyl groups is 1. The molecular weight excluding hydrogens is 466 g/mol. The molecule has 0 radical (unpaired) electrons. The molecule has 0 unspecified atom stereocenters. The van der Waals surface area contributed by atoms with E-state index in [2.05, 4.69) is 21.1 Å². The van der Waals surface area contributed by atoms with Crippen LogP contribution in [-0.4, -0.2) is 37.1 Å². The van der Waals surface area contributed by atoms with Crippen LogP contribution < -0.4 is 10.2 Å². The van der Waals surface area contributed by atoms with Crippen LogP contribution in [-0.2, 0) is 6.42 Å². The standard InChI is InChI=1S/C26H22ClN5O3/c1-26(2,34)16-35-22-14-29-25(30-15-22)19-5-3-4-17(8-19)11-23-24(33)6-7-32(31-23)21-10-18(13-28)9-20(27)12-21/h3-10,12,14-15,34H,11,16H2,1-2H3. The van der Waals surface area contributed by atoms with E-state index < -0.39 is 5.60 Å². The van der Waals surface area contributed by atoms with E-state index in [0.29, 0.717) is 40.0 Å². The lowest BCUT2D eigenvalue weighted by Crippen LogP contribution is -2.27. The maximum absolute atomic E-state index is 12.5. The first-order valence-corrected chi connectivity index (χ1v) is 11.1. The summed E-state index contributed by atoms with van der Waals surface area (Å²) < 4.78 is 7.03. The highest BCUT2D eigenvalue weighted by atomic mass is 35.5. The van der Waals surface area contributed by atoms with Gasteiger partial charge in [0, 0.05) is 29.3 Å². The fourth-order valence-corrected chi connectivity index (χ4v) is 3.53. The lowest BCUT2D eigenvalue weighted by Gasteiger charge is -2.17. The van der Waals surface area contributed by atoms with Crippen molar-refractivity contribution in [3.63, 3.8) is 0 Å². The van der Waals surface area contributed by atoms with Crippen molar-refractivity contribution >= 4 is 11.6 Å². The molecule has 0 spiro atoms. The molecule has 4 aromatic rings. The first kappa shape index (κ1) is 24.1. The Morgan fingerprint density at radius 1 is 1.14 bits per heavy atom. The van der Waals surface area contributed by atoms with Gasteiger partial charge in [-0.3, -0.25) is 4.79 Å². The average Bonchev–Trinajstić information content (AvgIpc) is 2.84. The van der Waals surface area contributed by atoms with Gasteiger partial charge < -0.3 is 9.84 Å². The topological polar surface area (TPSA) is 114 Å². The van der Waals surface area contributed by atoms with Crippen LogP contribution in [0.5, 0.6) is 5.75 Å². The number of nitrogens with zero attached hydrogens (tertiary/aromatic N) is 5. The van der Waals surface area contributed by atoms with Crippen molar-refractivity contribution in [2.24, 2.45) is 0 Å². The van der Waals surface area contributed by atoms with Crippen molar-refractivity contribution in [1.82, 2.24) is 19.7 Å². The summed E-state index contributed by atoms with van der Waals surface area (Å²) in [5.41, 5.74) is 1.82. The minimum atomic E-state index is -0.957. The van der Waals surface area contributed by atoms with Gasteiger partial charge in [-0.25, -0.2) is 14.6 Å². The van der Waals surface area contributed by atoms with E-state index in [1.165, 1.54) is 10.7 Å². The molecule has 0 atom stereocenters. The zero-order valence-electron chi connectivity index (χ0n) is 19.1. The molecule has 0 saturated carbocycles. The molecule has 0 aliphatic carbocycles. The SMILES string of the molecule is CC(C)(O)COc1cnc(-c2cccc(Cc3nn(-c4cc(Cl)cc(C#N)c4)ccc3=O)c2)nc1. The maximum atomic E-state index is 12.5. The second-order valence-electron chi connectivity index (χ2n) is 8.60. The van der Waals surface area contributed by atoms with Crippen LogP contribution in [0.25, 0.3) is 17.1 Å². The molecule has 0 bridgehead atoms. The molecule has 1 N–H and O–H groups in total. The average molecular weight is 488 g/mol. The van der Waals surface area contributed by atoms with E-state index in [1.807, 2.05) is 24.3 Å². The molecule has 176 valence electrons. The van der Waals surface area contributed by atoms with E-state index in [9.17, 15) is 15.2 Å². The summed E-state index contributed by atoms with van der Waals surface area (Å²) in [6.07, 6.45) is 4.95. The first-order valence-electron chi connectivity index (χ1n) is 10.8. The molecule has 4 rings (SSSR count). The van der Waals surface area contributed by atoms with Crippen LogP contribution in [0.2, 0.25) is 5.02 Å². The van der Waals surface area contributed by atoms with Gasteiger partial charge >= 0.3 is 0 Å². The van der Waals surface area contributed by atoms with Gasteiger partial charge in [0.15, 0.2) is 11.6 Å². The normalized spacial score (nSPS) is 11.2. The van der Waals surface area contributed by atoms with Crippen molar-refractivity contribution in [3.8, 4) is 28.9 Å². The minimum Gasteiger partial charge on any atom is -0.487 e. The molecular formula is C26H22ClN5O3. The zero-order valence-corrected chi connectivity index (χ0v) is 19.9. The Hall–Kier alpha value is -4.06. The van der Waals surface area contributed by atoms with E-state index in [4.69, 9.17) is 16.3 Å². The molecule has 2 heterocycles. The Morgan fingerprint density at radius 2 is 1.91 bits per heavy atom. The predicted molar refractivity (Wildman–Crippen MR) is 132 cm³/mol. The highest BCUT2D eigenvalue weighted by Gasteiger charge is 2.14. The van der Waals surface area contributed by atoms with E-state index >= 15 is 0 Å². The number of nitriles is 1. The number of hydrogen-bond donors (Lipinski definition) is 1. The predicted octanol–water partition coefficient (Wildman–Crippen LogP) is 3.96. The maximum Gasteiger partial charge on any atom is 0.203 e. The summed E-state index contributed by atoms with van der Waals surface area (Å²) >= 11 is 6.12. The van der Waals surface area contributed by atoms with Gasteiger partial charge in [-0.1, -0.05) is 29.8 Å². The molecule has 2 aromatic carbocycles. The largest absolute Gasteiger partial charge is 0.487 e. The molecule has 8 nitrogen and oxygen atoms in total. The van der Waals surface area contributed by atoms with Gasteiger partial charge in [0.2, 0.25) is 5.43 Å². The van der Waals surface area contributed by atoms with Crippen molar-refractivity contribution in [2.75, 3.05) is 6.61 Å². The highest BCUT2D eigenvalue weighted by molar-refractivity contribution is 6.30. The fraction of sp³-hybridized carbons (Fsp3) is 0.192. The summed E-state index contributed by atoms with van der Waals surface area (Å²) in [6.45, 7) is 3.44. The quantitative estimate of drug-likeness (QED) is 0.419. The molecule has 9 heteroatoms. The molecule has 35 heavy (non-hydrogen) atoms. The number of halogens is 1. The van der Waals surface area contributed by atoms with Crippen LogP contribution >= 0.6 is 11.6 Å². The van der Waals surface area contributed by atoms with E-state index in [0.717, 1.165) is 11.1 Å². The zero-order chi connectivity index (χ0) is 25.0. The highest BCUT2D eigenvalue weighted by Crippen LogP contribution is 2.20. The Bertz CT molecular complexity index is 1450. The van der Waals surface area contributed by atoms with E-state index in [-0.39, 0.29) is 12.0 Å². The summed E-state index contributed by atoms with van der Waals surface area (Å²) in [5, 5.41) is 23.9. The second-order valence-corrected chi connectivity index (χ2v) is 9.04. The van der Waals surface area contributed by atoms with Crippen LogP contribution in [0, 0.1) is 11.3 Å². The van der Waals surface area contributed by atoms with Gasteiger partial charge in [0.1, 0.15) is 12.3 Å². The summed E-state index contributed by atoms with van der Waals surface area (Å²) in [6, 6.07) is 15.9. The van der Waals surface area contributed by atoms with Crippen molar-refractivity contribution in [3.05, 3.63) is 99.2 Å². The number of benzene rings is 2. The molecule has 2 aromatic heterocycles. The monoisotopic (exact) mass is 487 g/mol. The van der Waals surface area contributed by atoms with Gasteiger partial charge in [-0.05, 0) is 43.7 Å². The number of hydrogen-bond acceptors (Lipinski definition) is 7. The third-order valence-electron chi connectivity index (χ3n) is 4.93. The third kappa shape index (κ3) is 6.29. The summed E-state index contributed by atoms with van der Waals surface area (Å²) in [5.74, 6) is 0.963. The molecule has 0 aliphatic heterocycles. The van der Waals surface area contributed by atoms with Crippen LogP contribution in [0.15, 0.2) is 71.9 Å². The third-order valence-corrected chi connectivity index (χ3v) is 5.15. The minimum absolute atomic E-state index is 0.125. The Morgan fingerprint density at radius 3 is 2.63 bits per heavy atom. The van der Waals surface area contributed by atoms with Crippen LogP contribution in [0.4, 0.5) is 0 Å². The van der Waals surface area contributed by atoms with Crippen molar-refractivity contribution in [2.45, 2.75) is 25.9 Å². The molecule has 0 saturated heterocycles. The first-order chi connectivity index (χ1) is 16.7. The van der Waals surface area contributed by atoms with Crippen molar-refractivity contribution in [1.29, 1.82) is 5.26 Å². The Labute approximate surface area is 207 Å². The van der Waals surface area contributed by atoms with Crippen molar-refractivity contribution < 1.29 is 9.84 Å². The van der Waals surface area contributed by atoms with Gasteiger partial charge in [0.05, 0.1) is 35.3 Å². The van der Waals surface area contributed by atoms with Gasteiger partial charge in [-0.2, -0.15) is 10.4 Å². The summed E-state index contributed by atoms with van der Waals surface area (Å²) in [7, 11) is 0. The lowest BCUT2D eigenvalue weighted by atomic mass is 10.1. The molecule has 0 amide bonds. The summed E-state index contributed by atoms with van der Waals surface area (Å²) in [4.78, 5) is 21.2. The van der Waals surface area contributed by atoms with Gasteiger partial charge in [0.25, 0.3) is 0 Å². The van der Waals surface area contributed by atoms with Crippen LogP contribution in [0.1, 0.15) is 30.7 Å². The number of rotatable bonds is 7. The number of aromatic nitrogens is 4. The Balaban J connectivity index is 1.56. The molecule has 0 aliphatic rings. The van der Waals surface area contributed by atoms with Crippen LogP contribution in [0.3, 0.4) is 0 Å². The van der Waals surface area contributed by atoms with Gasteiger partial charge in [-0.15, -0.1) is 0 Å². The Kier molecular flexibility index (Phi) is 6.92.